The number of rotatable bonds is 5. The molecule has 0 aliphatic heterocycles. The highest BCUT2D eigenvalue weighted by Gasteiger charge is 2.13. The molecular weight excluding hydrogens is 354 g/mol. The predicted molar refractivity (Wildman–Crippen MR) is 100 cm³/mol. The van der Waals surface area contributed by atoms with Crippen LogP contribution in [0.3, 0.4) is 0 Å². The number of hydrogen-bond acceptors (Lipinski definition) is 6. The molecule has 3 rings (SSSR count). The van der Waals surface area contributed by atoms with Gasteiger partial charge in [0.2, 0.25) is 0 Å². The maximum Gasteiger partial charge on any atom is 0.327 e. The second kappa shape index (κ2) is 7.83. The number of ether oxygens (including phenoxy) is 2. The number of hydrogen-bond donors (Lipinski definition) is 2. The Labute approximate surface area is 154 Å². The molecule has 0 aliphatic carbocycles. The number of thiazole rings is 1. The highest BCUT2D eigenvalue weighted by Crippen LogP contribution is 2.29. The van der Waals surface area contributed by atoms with Crippen molar-refractivity contribution in [2.24, 2.45) is 0 Å². The van der Waals surface area contributed by atoms with Gasteiger partial charge in [-0.3, -0.25) is 15.4 Å². The Bertz CT molecular complexity index is 937. The number of benzene rings is 2. The SMILES string of the molecule is CCOc1ccc2nc(NC(=O)NC(=O)c3ccc(OC)cc3)sc2c1. The number of amides is 3. The molecule has 2 N–H and O–H groups in total. The van der Waals surface area contributed by atoms with E-state index in [1.165, 1.54) is 18.4 Å². The Morgan fingerprint density at radius 1 is 1.12 bits per heavy atom. The van der Waals surface area contributed by atoms with Crippen LogP contribution >= 0.6 is 11.3 Å². The summed E-state index contributed by atoms with van der Waals surface area (Å²) in [6, 6.07) is 11.3. The van der Waals surface area contributed by atoms with E-state index < -0.39 is 11.9 Å². The first-order chi connectivity index (χ1) is 12.6. The molecule has 3 amide bonds. The molecule has 26 heavy (non-hydrogen) atoms. The molecule has 0 atom stereocenters. The van der Waals surface area contributed by atoms with Crippen LogP contribution in [0.2, 0.25) is 0 Å². The topological polar surface area (TPSA) is 89.5 Å². The molecular formula is C18H17N3O4S. The van der Waals surface area contributed by atoms with E-state index in [9.17, 15) is 9.59 Å². The summed E-state index contributed by atoms with van der Waals surface area (Å²) in [6.45, 7) is 2.49. The van der Waals surface area contributed by atoms with E-state index in [1.54, 1.807) is 24.3 Å². The molecule has 134 valence electrons. The molecule has 1 aromatic heterocycles. The van der Waals surface area contributed by atoms with Gasteiger partial charge in [-0.05, 0) is 49.4 Å². The first kappa shape index (κ1) is 17.7. The first-order valence-corrected chi connectivity index (χ1v) is 8.70. The highest BCUT2D eigenvalue weighted by atomic mass is 32.1. The quantitative estimate of drug-likeness (QED) is 0.714. The van der Waals surface area contributed by atoms with Crippen molar-refractivity contribution >= 4 is 38.6 Å². The van der Waals surface area contributed by atoms with Gasteiger partial charge in [-0.15, -0.1) is 0 Å². The van der Waals surface area contributed by atoms with Crippen LogP contribution in [0.25, 0.3) is 10.2 Å². The number of aromatic nitrogens is 1. The van der Waals surface area contributed by atoms with E-state index in [4.69, 9.17) is 9.47 Å². The highest BCUT2D eigenvalue weighted by molar-refractivity contribution is 7.22. The molecule has 1 heterocycles. The maximum atomic E-state index is 12.1. The zero-order chi connectivity index (χ0) is 18.5. The third-order valence-corrected chi connectivity index (χ3v) is 4.40. The molecule has 0 unspecified atom stereocenters. The summed E-state index contributed by atoms with van der Waals surface area (Å²) in [4.78, 5) is 28.4. The van der Waals surface area contributed by atoms with E-state index in [1.807, 2.05) is 25.1 Å². The summed E-state index contributed by atoms with van der Waals surface area (Å²) in [6.07, 6.45) is 0. The van der Waals surface area contributed by atoms with Gasteiger partial charge in [0.1, 0.15) is 11.5 Å². The van der Waals surface area contributed by atoms with Gasteiger partial charge in [0, 0.05) is 5.56 Å². The summed E-state index contributed by atoms with van der Waals surface area (Å²) in [5, 5.41) is 5.24. The smallest absolute Gasteiger partial charge is 0.327 e. The number of carbonyl (C=O) groups excluding carboxylic acids is 2. The van der Waals surface area contributed by atoms with Crippen LogP contribution < -0.4 is 20.1 Å². The van der Waals surface area contributed by atoms with Crippen LogP contribution in [-0.2, 0) is 0 Å². The van der Waals surface area contributed by atoms with Crippen molar-refractivity contribution in [1.29, 1.82) is 0 Å². The molecule has 0 saturated carbocycles. The van der Waals surface area contributed by atoms with Crippen molar-refractivity contribution in [1.82, 2.24) is 10.3 Å². The predicted octanol–water partition coefficient (Wildman–Crippen LogP) is 3.67. The minimum absolute atomic E-state index is 0.353. The largest absolute Gasteiger partial charge is 0.497 e. The second-order valence-electron chi connectivity index (χ2n) is 5.22. The molecule has 8 heteroatoms. The summed E-state index contributed by atoms with van der Waals surface area (Å²) in [5.41, 5.74) is 1.10. The summed E-state index contributed by atoms with van der Waals surface area (Å²) in [7, 11) is 1.54. The van der Waals surface area contributed by atoms with E-state index in [-0.39, 0.29) is 0 Å². The van der Waals surface area contributed by atoms with Gasteiger partial charge in [-0.1, -0.05) is 11.3 Å². The van der Waals surface area contributed by atoms with Crippen molar-refractivity contribution < 1.29 is 19.1 Å². The molecule has 3 aromatic rings. The number of carbonyl (C=O) groups is 2. The fraction of sp³-hybridized carbons (Fsp3) is 0.167. The van der Waals surface area contributed by atoms with E-state index in [0.29, 0.717) is 23.1 Å². The van der Waals surface area contributed by atoms with Crippen LogP contribution in [0.15, 0.2) is 42.5 Å². The molecule has 2 aromatic carbocycles. The number of fused-ring (bicyclic) bond motifs is 1. The van der Waals surface area contributed by atoms with Gasteiger partial charge in [0.05, 0.1) is 23.9 Å². The van der Waals surface area contributed by atoms with Crippen molar-refractivity contribution in [2.45, 2.75) is 6.92 Å². The lowest BCUT2D eigenvalue weighted by atomic mass is 10.2. The minimum atomic E-state index is -0.644. The first-order valence-electron chi connectivity index (χ1n) is 7.89. The monoisotopic (exact) mass is 371 g/mol. The van der Waals surface area contributed by atoms with Gasteiger partial charge < -0.3 is 9.47 Å². The zero-order valence-electron chi connectivity index (χ0n) is 14.2. The summed E-state index contributed by atoms with van der Waals surface area (Å²) < 4.78 is 11.4. The van der Waals surface area contributed by atoms with Gasteiger partial charge in [-0.2, -0.15) is 0 Å². The lowest BCUT2D eigenvalue weighted by molar-refractivity contribution is 0.0967. The van der Waals surface area contributed by atoms with Crippen LogP contribution in [0.1, 0.15) is 17.3 Å². The number of nitrogens with one attached hydrogen (secondary N) is 2. The van der Waals surface area contributed by atoms with Crippen LogP contribution in [0.4, 0.5) is 9.93 Å². The molecule has 0 radical (unpaired) electrons. The van der Waals surface area contributed by atoms with Crippen LogP contribution in [0, 0.1) is 0 Å². The maximum absolute atomic E-state index is 12.1. The van der Waals surface area contributed by atoms with Crippen molar-refractivity contribution in [3.05, 3.63) is 48.0 Å². The molecule has 0 saturated heterocycles. The van der Waals surface area contributed by atoms with E-state index in [2.05, 4.69) is 15.6 Å². The Kier molecular flexibility index (Phi) is 5.33. The fourth-order valence-electron chi connectivity index (χ4n) is 2.26. The number of methoxy groups -OCH3 is 1. The van der Waals surface area contributed by atoms with Crippen LogP contribution in [-0.4, -0.2) is 30.6 Å². The van der Waals surface area contributed by atoms with Gasteiger partial charge in [-0.25, -0.2) is 9.78 Å². The van der Waals surface area contributed by atoms with Gasteiger partial charge in [0.25, 0.3) is 5.91 Å². The fourth-order valence-corrected chi connectivity index (χ4v) is 3.15. The average Bonchev–Trinajstić information content (AvgIpc) is 3.03. The Morgan fingerprint density at radius 2 is 1.85 bits per heavy atom. The minimum Gasteiger partial charge on any atom is -0.497 e. The van der Waals surface area contributed by atoms with Crippen molar-refractivity contribution in [3.8, 4) is 11.5 Å². The van der Waals surface area contributed by atoms with E-state index in [0.717, 1.165) is 16.0 Å². The molecule has 0 fully saturated rings. The molecule has 0 aliphatic rings. The van der Waals surface area contributed by atoms with Crippen LogP contribution in [0.5, 0.6) is 11.5 Å². The number of nitrogens with zero attached hydrogens (tertiary/aromatic N) is 1. The second-order valence-corrected chi connectivity index (χ2v) is 6.25. The van der Waals surface area contributed by atoms with Gasteiger partial charge >= 0.3 is 6.03 Å². The third kappa shape index (κ3) is 4.09. The Morgan fingerprint density at radius 3 is 2.54 bits per heavy atom. The Hall–Kier alpha value is -3.13. The number of urea groups is 1. The third-order valence-electron chi connectivity index (χ3n) is 3.47. The van der Waals surface area contributed by atoms with Gasteiger partial charge in [0.15, 0.2) is 5.13 Å². The van der Waals surface area contributed by atoms with Crippen molar-refractivity contribution in [3.63, 3.8) is 0 Å². The lowest BCUT2D eigenvalue weighted by Gasteiger charge is -2.05. The number of anilines is 1. The standard InChI is InChI=1S/C18H17N3O4S/c1-3-25-13-8-9-14-15(10-13)26-18(19-14)21-17(23)20-16(22)11-4-6-12(24-2)7-5-11/h4-10H,3H2,1-2H3,(H2,19,20,21,22,23). The lowest BCUT2D eigenvalue weighted by Crippen LogP contribution is -2.34. The Balaban J connectivity index is 1.65. The van der Waals surface area contributed by atoms with E-state index >= 15 is 0 Å². The molecule has 7 nitrogen and oxygen atoms in total. The summed E-state index contributed by atoms with van der Waals surface area (Å²) in [5.74, 6) is 0.867. The summed E-state index contributed by atoms with van der Waals surface area (Å²) >= 11 is 1.30. The number of imide groups is 1. The van der Waals surface area contributed by atoms with Crippen molar-refractivity contribution in [2.75, 3.05) is 19.0 Å². The average molecular weight is 371 g/mol. The normalized spacial score (nSPS) is 10.4. The molecule has 0 bridgehead atoms. The zero-order valence-corrected chi connectivity index (χ0v) is 15.1. The molecule has 0 spiro atoms.